The van der Waals surface area contributed by atoms with Gasteiger partial charge in [-0.1, -0.05) is 84.9 Å². The molecule has 0 amide bonds. The predicted octanol–water partition coefficient (Wildman–Crippen LogP) is 6.25. The van der Waals surface area contributed by atoms with Crippen molar-refractivity contribution in [3.8, 4) is 11.1 Å². The molecule has 6 rings (SSSR count). The number of nitrogens with two attached hydrogens (primary N) is 1. The average molecular weight is 347 g/mol. The molecule has 1 nitrogen and oxygen atoms in total. The van der Waals surface area contributed by atoms with Gasteiger partial charge in [0.2, 0.25) is 0 Å². The van der Waals surface area contributed by atoms with E-state index in [0.29, 0.717) is 0 Å². The quantitative estimate of drug-likeness (QED) is 0.329. The highest BCUT2D eigenvalue weighted by Crippen LogP contribution is 2.38. The Hall–Kier alpha value is -3.32. The summed E-state index contributed by atoms with van der Waals surface area (Å²) in [6.07, 6.45) is 6.52. The van der Waals surface area contributed by atoms with E-state index in [1.54, 1.807) is 0 Å². The van der Waals surface area contributed by atoms with Crippen molar-refractivity contribution in [3.05, 3.63) is 107 Å². The van der Waals surface area contributed by atoms with E-state index < -0.39 is 0 Å². The van der Waals surface area contributed by atoms with Crippen LogP contribution in [0.3, 0.4) is 0 Å². The predicted molar refractivity (Wildman–Crippen MR) is 116 cm³/mol. The molecule has 4 aromatic carbocycles. The highest BCUT2D eigenvalue weighted by Gasteiger charge is 2.18. The van der Waals surface area contributed by atoms with Gasteiger partial charge in [-0.3, -0.25) is 0 Å². The minimum absolute atomic E-state index is 0.915. The Bertz CT molecular complexity index is 1180. The number of rotatable bonds is 0. The summed E-state index contributed by atoms with van der Waals surface area (Å²) in [4.78, 5) is 0. The molecule has 2 aliphatic carbocycles. The van der Waals surface area contributed by atoms with Crippen molar-refractivity contribution in [1.29, 1.82) is 0 Å². The third kappa shape index (κ3) is 2.72. The Morgan fingerprint density at radius 1 is 0.667 bits per heavy atom. The van der Waals surface area contributed by atoms with Crippen LogP contribution in [0.5, 0.6) is 0 Å². The summed E-state index contributed by atoms with van der Waals surface area (Å²) in [5, 5.41) is 2.76. The largest absolute Gasteiger partial charge is 0.398 e. The Labute approximate surface area is 159 Å². The number of hydrogen-bond donors (Lipinski definition) is 1. The standard InChI is InChI=1S/C13H11N.C13H10/c14-13-7-3-6-11-10-5-2-1-4-9(10)8-12(11)13;1-2-6-12-10(4-1)8-9-11-5-3-7-13(11)12/h1-7H,8,14H2;1-6,8-9H,7H2. The summed E-state index contributed by atoms with van der Waals surface area (Å²) >= 11 is 0. The van der Waals surface area contributed by atoms with Crippen molar-refractivity contribution >= 4 is 22.5 Å². The van der Waals surface area contributed by atoms with E-state index in [0.717, 1.165) is 18.5 Å². The minimum atomic E-state index is 0.915. The average Bonchev–Trinajstić information content (AvgIpc) is 3.34. The number of benzene rings is 4. The zero-order valence-corrected chi connectivity index (χ0v) is 15.2. The number of allylic oxidation sites excluding steroid dienone is 1. The molecule has 2 N–H and O–H groups in total. The van der Waals surface area contributed by atoms with Gasteiger partial charge in [0, 0.05) is 12.1 Å². The topological polar surface area (TPSA) is 26.0 Å². The summed E-state index contributed by atoms with van der Waals surface area (Å²) in [6, 6.07) is 27.7. The number of nitrogen functional groups attached to an aromatic ring is 1. The van der Waals surface area contributed by atoms with Crippen LogP contribution < -0.4 is 5.73 Å². The van der Waals surface area contributed by atoms with Gasteiger partial charge in [0.15, 0.2) is 0 Å². The molecule has 0 spiro atoms. The molecule has 0 unspecified atom stereocenters. The number of anilines is 1. The first kappa shape index (κ1) is 15.9. The van der Waals surface area contributed by atoms with E-state index in [-0.39, 0.29) is 0 Å². The van der Waals surface area contributed by atoms with E-state index in [9.17, 15) is 0 Å². The normalized spacial score (nSPS) is 12.9. The van der Waals surface area contributed by atoms with Crippen molar-refractivity contribution in [2.24, 2.45) is 0 Å². The molecule has 27 heavy (non-hydrogen) atoms. The van der Waals surface area contributed by atoms with Gasteiger partial charge in [0.25, 0.3) is 0 Å². The lowest BCUT2D eigenvalue weighted by Crippen LogP contribution is -1.91. The fourth-order valence-electron chi connectivity index (χ4n) is 4.22. The Morgan fingerprint density at radius 2 is 1.48 bits per heavy atom. The van der Waals surface area contributed by atoms with E-state index in [4.69, 9.17) is 5.73 Å². The molecule has 0 aromatic heterocycles. The van der Waals surface area contributed by atoms with Crippen LogP contribution in [0, 0.1) is 0 Å². The van der Waals surface area contributed by atoms with Crippen molar-refractivity contribution in [2.45, 2.75) is 12.8 Å². The summed E-state index contributed by atoms with van der Waals surface area (Å²) in [5.41, 5.74) is 15.1. The summed E-state index contributed by atoms with van der Waals surface area (Å²) in [6.45, 7) is 0. The molecular weight excluding hydrogens is 326 g/mol. The summed E-state index contributed by atoms with van der Waals surface area (Å²) in [5.74, 6) is 0. The van der Waals surface area contributed by atoms with E-state index in [1.165, 1.54) is 44.2 Å². The molecule has 0 atom stereocenters. The molecule has 4 aromatic rings. The van der Waals surface area contributed by atoms with E-state index >= 15 is 0 Å². The molecule has 0 heterocycles. The lowest BCUT2D eigenvalue weighted by Gasteiger charge is -2.03. The fourth-order valence-corrected chi connectivity index (χ4v) is 4.22. The summed E-state index contributed by atoms with van der Waals surface area (Å²) in [7, 11) is 0. The maximum Gasteiger partial charge on any atom is 0.0356 e. The van der Waals surface area contributed by atoms with Crippen LogP contribution in [0.4, 0.5) is 5.69 Å². The molecule has 130 valence electrons. The monoisotopic (exact) mass is 347 g/mol. The molecule has 0 bridgehead atoms. The Morgan fingerprint density at radius 3 is 2.44 bits per heavy atom. The molecule has 2 aliphatic rings. The first-order valence-corrected chi connectivity index (χ1v) is 9.44. The zero-order valence-electron chi connectivity index (χ0n) is 15.2. The second-order valence-corrected chi connectivity index (χ2v) is 7.17. The highest BCUT2D eigenvalue weighted by molar-refractivity contribution is 5.90. The van der Waals surface area contributed by atoms with Crippen LogP contribution in [0.1, 0.15) is 22.3 Å². The van der Waals surface area contributed by atoms with Gasteiger partial charge in [-0.25, -0.2) is 0 Å². The van der Waals surface area contributed by atoms with Crippen molar-refractivity contribution in [1.82, 2.24) is 0 Å². The zero-order chi connectivity index (χ0) is 18.2. The van der Waals surface area contributed by atoms with Crippen molar-refractivity contribution in [3.63, 3.8) is 0 Å². The third-order valence-electron chi connectivity index (χ3n) is 5.58. The lowest BCUT2D eigenvalue weighted by atomic mass is 10.0. The number of fused-ring (bicyclic) bond motifs is 6. The van der Waals surface area contributed by atoms with Crippen LogP contribution in [0.25, 0.3) is 28.0 Å². The maximum atomic E-state index is 5.95. The SMILES string of the molecule is C1=Cc2ccc3ccccc3c2C1.Nc1cccc2c1Cc1ccccc1-2. The first-order valence-electron chi connectivity index (χ1n) is 9.44. The van der Waals surface area contributed by atoms with Crippen LogP contribution in [-0.4, -0.2) is 0 Å². The molecule has 0 saturated carbocycles. The van der Waals surface area contributed by atoms with Crippen molar-refractivity contribution in [2.75, 3.05) is 5.73 Å². The molecule has 0 fully saturated rings. The van der Waals surface area contributed by atoms with Gasteiger partial charge in [-0.05, 0) is 56.6 Å². The van der Waals surface area contributed by atoms with Crippen molar-refractivity contribution < 1.29 is 0 Å². The van der Waals surface area contributed by atoms with E-state index in [2.05, 4.69) is 78.9 Å². The third-order valence-corrected chi connectivity index (χ3v) is 5.58. The molecule has 1 heteroatoms. The summed E-state index contributed by atoms with van der Waals surface area (Å²) < 4.78 is 0. The maximum absolute atomic E-state index is 5.95. The molecule has 0 saturated heterocycles. The van der Waals surface area contributed by atoms with Crippen LogP contribution in [-0.2, 0) is 12.8 Å². The minimum Gasteiger partial charge on any atom is -0.398 e. The van der Waals surface area contributed by atoms with Gasteiger partial charge >= 0.3 is 0 Å². The second-order valence-electron chi connectivity index (χ2n) is 7.17. The van der Waals surface area contributed by atoms with Crippen LogP contribution in [0.2, 0.25) is 0 Å². The van der Waals surface area contributed by atoms with Gasteiger partial charge in [-0.2, -0.15) is 0 Å². The van der Waals surface area contributed by atoms with Gasteiger partial charge in [0.05, 0.1) is 0 Å². The van der Waals surface area contributed by atoms with Gasteiger partial charge in [-0.15, -0.1) is 0 Å². The Kier molecular flexibility index (Phi) is 3.79. The highest BCUT2D eigenvalue weighted by atomic mass is 14.6. The van der Waals surface area contributed by atoms with Gasteiger partial charge in [0.1, 0.15) is 0 Å². The molecule has 0 aliphatic heterocycles. The lowest BCUT2D eigenvalue weighted by molar-refractivity contribution is 1.27. The van der Waals surface area contributed by atoms with Gasteiger partial charge < -0.3 is 5.73 Å². The second kappa shape index (κ2) is 6.44. The molecule has 0 radical (unpaired) electrons. The van der Waals surface area contributed by atoms with Crippen LogP contribution >= 0.6 is 0 Å². The molecular formula is C26H21N. The fraction of sp³-hybridized carbons (Fsp3) is 0.0769. The van der Waals surface area contributed by atoms with E-state index in [1.807, 2.05) is 12.1 Å². The Balaban J connectivity index is 0.000000119. The first-order chi connectivity index (χ1) is 13.3. The smallest absolute Gasteiger partial charge is 0.0356 e. The van der Waals surface area contributed by atoms with Crippen LogP contribution in [0.15, 0.2) is 84.9 Å². The number of hydrogen-bond acceptors (Lipinski definition) is 1.